The quantitative estimate of drug-likeness (QED) is 0.816. The third-order valence-corrected chi connectivity index (χ3v) is 3.48. The van der Waals surface area contributed by atoms with E-state index in [2.05, 4.69) is 21.2 Å². The molecule has 0 unspecified atom stereocenters. The minimum atomic E-state index is -0.884. The van der Waals surface area contributed by atoms with Gasteiger partial charge in [-0.05, 0) is 55.3 Å². The monoisotopic (exact) mass is 379 g/mol. The van der Waals surface area contributed by atoms with Crippen LogP contribution in [-0.4, -0.2) is 18.5 Å². The van der Waals surface area contributed by atoms with E-state index in [1.165, 1.54) is 12.1 Å². The highest BCUT2D eigenvalue weighted by Gasteiger charge is 2.15. The lowest BCUT2D eigenvalue weighted by Gasteiger charge is -2.09. The fourth-order valence-corrected chi connectivity index (χ4v) is 2.44. The van der Waals surface area contributed by atoms with E-state index in [1.54, 1.807) is 12.1 Å². The molecule has 4 nitrogen and oxygen atoms in total. The van der Waals surface area contributed by atoms with Crippen LogP contribution in [0.1, 0.15) is 21.5 Å². The topological polar surface area (TPSA) is 55.4 Å². The van der Waals surface area contributed by atoms with Crippen LogP contribution < -0.4 is 5.32 Å². The van der Waals surface area contributed by atoms with Crippen LogP contribution in [0.5, 0.6) is 0 Å². The van der Waals surface area contributed by atoms with Crippen LogP contribution >= 0.6 is 15.9 Å². The molecular formula is C17H15BrFNO3. The Balaban J connectivity index is 1.94. The molecule has 6 heteroatoms. The van der Waals surface area contributed by atoms with Gasteiger partial charge in [-0.2, -0.15) is 0 Å². The molecule has 0 fully saturated rings. The van der Waals surface area contributed by atoms with Crippen LogP contribution in [0.25, 0.3) is 0 Å². The van der Waals surface area contributed by atoms with E-state index < -0.39 is 24.3 Å². The molecule has 0 bridgehead atoms. The average molecular weight is 380 g/mol. The highest BCUT2D eigenvalue weighted by atomic mass is 79.9. The van der Waals surface area contributed by atoms with Crippen LogP contribution in [0.15, 0.2) is 40.9 Å². The lowest BCUT2D eigenvalue weighted by Crippen LogP contribution is -2.21. The number of nitrogens with one attached hydrogen (secondary N) is 1. The third kappa shape index (κ3) is 4.89. The van der Waals surface area contributed by atoms with Gasteiger partial charge in [-0.15, -0.1) is 0 Å². The third-order valence-electron chi connectivity index (χ3n) is 2.99. The van der Waals surface area contributed by atoms with Crippen LogP contribution in [0, 0.1) is 19.7 Å². The molecule has 2 aromatic carbocycles. The largest absolute Gasteiger partial charge is 0.452 e. The van der Waals surface area contributed by atoms with Gasteiger partial charge in [0.1, 0.15) is 5.82 Å². The number of hydrogen-bond donors (Lipinski definition) is 1. The van der Waals surface area contributed by atoms with Crippen molar-refractivity contribution in [3.8, 4) is 0 Å². The molecule has 0 aliphatic rings. The summed E-state index contributed by atoms with van der Waals surface area (Å²) in [6.45, 7) is 3.35. The predicted molar refractivity (Wildman–Crippen MR) is 88.9 cm³/mol. The molecule has 0 saturated heterocycles. The maximum Gasteiger partial charge on any atom is 0.341 e. The summed E-state index contributed by atoms with van der Waals surface area (Å²) >= 11 is 3.10. The zero-order valence-electron chi connectivity index (χ0n) is 12.7. The summed E-state index contributed by atoms with van der Waals surface area (Å²) in [5.41, 5.74) is 2.43. The Bertz CT molecular complexity index is 741. The SMILES string of the molecule is Cc1cc(C)cc(NC(=O)COC(=O)c2ccc(Br)cc2F)c1. The van der Waals surface area contributed by atoms with Gasteiger partial charge in [0.2, 0.25) is 0 Å². The Hall–Kier alpha value is -2.21. The first-order valence-electron chi connectivity index (χ1n) is 6.85. The van der Waals surface area contributed by atoms with Gasteiger partial charge in [0.05, 0.1) is 5.56 Å². The molecule has 0 aliphatic heterocycles. The lowest BCUT2D eigenvalue weighted by molar-refractivity contribution is -0.119. The first-order valence-corrected chi connectivity index (χ1v) is 7.65. The van der Waals surface area contributed by atoms with E-state index in [-0.39, 0.29) is 5.56 Å². The van der Waals surface area contributed by atoms with E-state index in [9.17, 15) is 14.0 Å². The number of esters is 1. The molecule has 2 aromatic rings. The van der Waals surface area contributed by atoms with Crippen molar-refractivity contribution in [3.63, 3.8) is 0 Å². The Morgan fingerprint density at radius 1 is 1.13 bits per heavy atom. The minimum Gasteiger partial charge on any atom is -0.452 e. The highest BCUT2D eigenvalue weighted by molar-refractivity contribution is 9.10. The van der Waals surface area contributed by atoms with Gasteiger partial charge in [-0.3, -0.25) is 4.79 Å². The molecule has 1 N–H and O–H groups in total. The summed E-state index contributed by atoms with van der Waals surface area (Å²) in [6, 6.07) is 9.57. The first kappa shape index (κ1) is 17.1. The molecule has 0 spiro atoms. The van der Waals surface area contributed by atoms with Gasteiger partial charge < -0.3 is 10.1 Å². The number of anilines is 1. The van der Waals surface area contributed by atoms with Crippen molar-refractivity contribution in [2.45, 2.75) is 13.8 Å². The van der Waals surface area contributed by atoms with E-state index in [0.717, 1.165) is 17.2 Å². The van der Waals surface area contributed by atoms with E-state index in [0.29, 0.717) is 10.2 Å². The number of ether oxygens (including phenoxy) is 1. The standard InChI is InChI=1S/C17H15BrFNO3/c1-10-5-11(2)7-13(6-10)20-16(21)9-23-17(22)14-4-3-12(18)8-15(14)19/h3-8H,9H2,1-2H3,(H,20,21). The summed E-state index contributed by atoms with van der Waals surface area (Å²) in [6.07, 6.45) is 0. The second-order valence-corrected chi connectivity index (χ2v) is 6.04. The van der Waals surface area contributed by atoms with Crippen LogP contribution in [0.4, 0.5) is 10.1 Å². The second kappa shape index (κ2) is 7.37. The minimum absolute atomic E-state index is 0.215. The highest BCUT2D eigenvalue weighted by Crippen LogP contribution is 2.16. The summed E-state index contributed by atoms with van der Waals surface area (Å²) < 4.78 is 19.0. The van der Waals surface area contributed by atoms with Crippen molar-refractivity contribution in [1.29, 1.82) is 0 Å². The molecule has 0 heterocycles. The smallest absolute Gasteiger partial charge is 0.341 e. The van der Waals surface area contributed by atoms with Gasteiger partial charge in [0, 0.05) is 10.2 Å². The predicted octanol–water partition coefficient (Wildman–Crippen LogP) is 4.00. The number of carbonyl (C=O) groups is 2. The number of halogens is 2. The number of rotatable bonds is 4. The molecule has 0 atom stereocenters. The van der Waals surface area contributed by atoms with Crippen molar-refractivity contribution in [2.24, 2.45) is 0 Å². The van der Waals surface area contributed by atoms with Crippen molar-refractivity contribution in [2.75, 3.05) is 11.9 Å². The fraction of sp³-hybridized carbons (Fsp3) is 0.176. The van der Waals surface area contributed by atoms with E-state index >= 15 is 0 Å². The Labute approximate surface area is 141 Å². The van der Waals surface area contributed by atoms with E-state index in [4.69, 9.17) is 4.74 Å². The molecule has 0 saturated carbocycles. The van der Waals surface area contributed by atoms with Gasteiger partial charge in [-0.25, -0.2) is 9.18 Å². The van der Waals surface area contributed by atoms with Crippen LogP contribution in [-0.2, 0) is 9.53 Å². The first-order chi connectivity index (χ1) is 10.8. The van der Waals surface area contributed by atoms with Gasteiger partial charge >= 0.3 is 5.97 Å². The second-order valence-electron chi connectivity index (χ2n) is 5.12. The number of amides is 1. The molecule has 0 radical (unpaired) electrons. The normalized spacial score (nSPS) is 10.3. The Kier molecular flexibility index (Phi) is 5.50. The van der Waals surface area contributed by atoms with Crippen molar-refractivity contribution >= 4 is 33.5 Å². The van der Waals surface area contributed by atoms with Gasteiger partial charge in [0.15, 0.2) is 6.61 Å². The summed E-state index contributed by atoms with van der Waals surface area (Å²) in [7, 11) is 0. The molecule has 1 amide bonds. The van der Waals surface area contributed by atoms with Crippen molar-refractivity contribution in [1.82, 2.24) is 0 Å². The zero-order chi connectivity index (χ0) is 17.0. The van der Waals surface area contributed by atoms with Crippen molar-refractivity contribution < 1.29 is 18.7 Å². The number of benzene rings is 2. The van der Waals surface area contributed by atoms with Crippen LogP contribution in [0.3, 0.4) is 0 Å². The maximum atomic E-state index is 13.6. The molecule has 2 rings (SSSR count). The summed E-state index contributed by atoms with van der Waals surface area (Å²) in [4.78, 5) is 23.6. The number of aryl methyl sites for hydroxylation is 2. The van der Waals surface area contributed by atoms with Crippen molar-refractivity contribution in [3.05, 3.63) is 63.4 Å². The molecule has 120 valence electrons. The summed E-state index contributed by atoms with van der Waals surface area (Å²) in [5.74, 6) is -2.08. The maximum absolute atomic E-state index is 13.6. The van der Waals surface area contributed by atoms with E-state index in [1.807, 2.05) is 19.9 Å². The van der Waals surface area contributed by atoms with Gasteiger partial charge in [-0.1, -0.05) is 22.0 Å². The summed E-state index contributed by atoms with van der Waals surface area (Å²) in [5, 5.41) is 2.64. The average Bonchev–Trinajstić information content (AvgIpc) is 2.43. The molecule has 0 aromatic heterocycles. The van der Waals surface area contributed by atoms with Crippen LogP contribution in [0.2, 0.25) is 0 Å². The number of carbonyl (C=O) groups excluding carboxylic acids is 2. The number of hydrogen-bond acceptors (Lipinski definition) is 3. The Morgan fingerprint density at radius 2 is 1.78 bits per heavy atom. The zero-order valence-corrected chi connectivity index (χ0v) is 14.2. The lowest BCUT2D eigenvalue weighted by atomic mass is 10.1. The Morgan fingerprint density at radius 3 is 2.39 bits per heavy atom. The molecular weight excluding hydrogens is 365 g/mol. The molecule has 0 aliphatic carbocycles. The molecule has 23 heavy (non-hydrogen) atoms. The fourth-order valence-electron chi connectivity index (χ4n) is 2.11. The van der Waals surface area contributed by atoms with Gasteiger partial charge in [0.25, 0.3) is 5.91 Å².